The molecule has 1 aromatic heterocycles. The van der Waals surface area contributed by atoms with Crippen molar-refractivity contribution in [1.29, 1.82) is 0 Å². The molecule has 0 fully saturated rings. The molecule has 0 saturated heterocycles. The summed E-state index contributed by atoms with van der Waals surface area (Å²) in [4.78, 5) is 27.8. The Balaban J connectivity index is 2.11. The first-order valence-electron chi connectivity index (χ1n) is 7.90. The van der Waals surface area contributed by atoms with Gasteiger partial charge in [0.1, 0.15) is 6.04 Å². The third-order valence-corrected chi connectivity index (χ3v) is 4.16. The number of rotatable bonds is 5. The SMILES string of the molecule is Cc1ncc2c(c1CNC(=O)C(NC(N)=O)C(C)C)CCNC2. The van der Waals surface area contributed by atoms with Gasteiger partial charge in [0.15, 0.2) is 0 Å². The van der Waals surface area contributed by atoms with E-state index in [2.05, 4.69) is 20.9 Å². The maximum absolute atomic E-state index is 12.4. The first kappa shape index (κ1) is 17.2. The van der Waals surface area contributed by atoms with E-state index < -0.39 is 12.1 Å². The molecule has 0 radical (unpaired) electrons. The topological polar surface area (TPSA) is 109 Å². The van der Waals surface area contributed by atoms with E-state index in [1.54, 1.807) is 0 Å². The number of hydrogen-bond acceptors (Lipinski definition) is 4. The molecule has 0 aromatic carbocycles. The number of nitrogens with two attached hydrogens (primary N) is 1. The van der Waals surface area contributed by atoms with Crippen LogP contribution in [-0.2, 0) is 24.3 Å². The van der Waals surface area contributed by atoms with E-state index in [4.69, 9.17) is 5.73 Å². The highest BCUT2D eigenvalue weighted by Gasteiger charge is 2.24. The lowest BCUT2D eigenvalue weighted by atomic mass is 9.95. The molecular formula is C16H25N5O2. The molecule has 1 unspecified atom stereocenters. The molecule has 0 spiro atoms. The van der Waals surface area contributed by atoms with Gasteiger partial charge in [-0.1, -0.05) is 13.8 Å². The number of amides is 3. The Morgan fingerprint density at radius 1 is 1.43 bits per heavy atom. The highest BCUT2D eigenvalue weighted by atomic mass is 16.2. The van der Waals surface area contributed by atoms with Gasteiger partial charge in [-0.25, -0.2) is 4.79 Å². The maximum Gasteiger partial charge on any atom is 0.312 e. The van der Waals surface area contributed by atoms with Crippen molar-refractivity contribution in [2.75, 3.05) is 6.54 Å². The highest BCUT2D eigenvalue weighted by molar-refractivity contribution is 5.86. The molecule has 126 valence electrons. The van der Waals surface area contributed by atoms with E-state index in [-0.39, 0.29) is 11.8 Å². The smallest absolute Gasteiger partial charge is 0.312 e. The normalized spacial score (nSPS) is 15.0. The summed E-state index contributed by atoms with van der Waals surface area (Å²) in [6.45, 7) is 7.82. The Kier molecular flexibility index (Phi) is 5.54. The molecule has 1 aromatic rings. The summed E-state index contributed by atoms with van der Waals surface area (Å²) >= 11 is 0. The van der Waals surface area contributed by atoms with Gasteiger partial charge in [-0.15, -0.1) is 0 Å². The van der Waals surface area contributed by atoms with Gasteiger partial charge in [-0.05, 0) is 42.5 Å². The fraction of sp³-hybridized carbons (Fsp3) is 0.562. The van der Waals surface area contributed by atoms with Crippen LogP contribution < -0.4 is 21.7 Å². The van der Waals surface area contributed by atoms with Crippen molar-refractivity contribution in [3.05, 3.63) is 28.6 Å². The van der Waals surface area contributed by atoms with Crippen LogP contribution in [0.2, 0.25) is 0 Å². The zero-order valence-corrected chi connectivity index (χ0v) is 13.9. The van der Waals surface area contributed by atoms with Crippen LogP contribution in [0.1, 0.15) is 36.2 Å². The number of nitrogens with zero attached hydrogens (tertiary/aromatic N) is 1. The molecule has 7 nitrogen and oxygen atoms in total. The summed E-state index contributed by atoms with van der Waals surface area (Å²) < 4.78 is 0. The van der Waals surface area contributed by atoms with Gasteiger partial charge in [0.2, 0.25) is 5.91 Å². The van der Waals surface area contributed by atoms with Gasteiger partial charge in [0.05, 0.1) is 0 Å². The summed E-state index contributed by atoms with van der Waals surface area (Å²) in [6.07, 6.45) is 2.82. The lowest BCUT2D eigenvalue weighted by molar-refractivity contribution is -0.124. The number of primary amides is 1. The first-order valence-corrected chi connectivity index (χ1v) is 7.90. The Morgan fingerprint density at radius 2 is 2.17 bits per heavy atom. The number of carbonyl (C=O) groups excluding carboxylic acids is 2. The number of urea groups is 1. The van der Waals surface area contributed by atoms with Crippen LogP contribution in [0.5, 0.6) is 0 Å². The molecule has 23 heavy (non-hydrogen) atoms. The number of hydrogen-bond donors (Lipinski definition) is 4. The van der Waals surface area contributed by atoms with Gasteiger partial charge >= 0.3 is 6.03 Å². The van der Waals surface area contributed by atoms with E-state index in [0.717, 1.165) is 30.8 Å². The van der Waals surface area contributed by atoms with Crippen molar-refractivity contribution < 1.29 is 9.59 Å². The zero-order chi connectivity index (χ0) is 17.0. The molecule has 2 rings (SSSR count). The Morgan fingerprint density at radius 3 is 2.83 bits per heavy atom. The maximum atomic E-state index is 12.4. The average Bonchev–Trinajstić information content (AvgIpc) is 2.51. The van der Waals surface area contributed by atoms with Crippen LogP contribution in [0.15, 0.2) is 6.20 Å². The standard InChI is InChI=1S/C16H25N5O2/c1-9(2)14(21-16(17)23)15(22)20-8-13-10(3)19-7-11-6-18-5-4-12(11)13/h7,9,14,18H,4-6,8H2,1-3H3,(H,20,22)(H3,17,21,23). The summed E-state index contributed by atoms with van der Waals surface area (Å²) in [7, 11) is 0. The monoisotopic (exact) mass is 319 g/mol. The highest BCUT2D eigenvalue weighted by Crippen LogP contribution is 2.20. The number of fused-ring (bicyclic) bond motifs is 1. The lowest BCUT2D eigenvalue weighted by Crippen LogP contribution is -2.51. The molecule has 3 amide bonds. The summed E-state index contributed by atoms with van der Waals surface area (Å²) in [5, 5.41) is 8.72. The summed E-state index contributed by atoms with van der Waals surface area (Å²) in [5.74, 6) is -0.277. The fourth-order valence-electron chi connectivity index (χ4n) is 2.85. The minimum atomic E-state index is -0.695. The molecule has 7 heteroatoms. The van der Waals surface area contributed by atoms with Crippen LogP contribution in [-0.4, -0.2) is 29.5 Å². The molecule has 2 heterocycles. The fourth-order valence-corrected chi connectivity index (χ4v) is 2.85. The molecule has 0 saturated carbocycles. The van der Waals surface area contributed by atoms with E-state index in [1.807, 2.05) is 27.0 Å². The van der Waals surface area contributed by atoms with Crippen LogP contribution in [0.3, 0.4) is 0 Å². The largest absolute Gasteiger partial charge is 0.352 e. The van der Waals surface area contributed by atoms with E-state index in [9.17, 15) is 9.59 Å². The Bertz CT molecular complexity index is 600. The molecular weight excluding hydrogens is 294 g/mol. The predicted octanol–water partition coefficient (Wildman–Crippen LogP) is 0.345. The van der Waals surface area contributed by atoms with Crippen molar-refractivity contribution in [3.8, 4) is 0 Å². The van der Waals surface area contributed by atoms with Crippen molar-refractivity contribution in [2.24, 2.45) is 11.7 Å². The van der Waals surface area contributed by atoms with E-state index in [0.29, 0.717) is 6.54 Å². The van der Waals surface area contributed by atoms with Crippen molar-refractivity contribution >= 4 is 11.9 Å². The molecule has 0 bridgehead atoms. The van der Waals surface area contributed by atoms with Gasteiger partial charge in [-0.2, -0.15) is 0 Å². The Hall–Kier alpha value is -2.15. The number of carbonyl (C=O) groups is 2. The van der Waals surface area contributed by atoms with Crippen molar-refractivity contribution in [2.45, 2.75) is 46.3 Å². The molecule has 5 N–H and O–H groups in total. The van der Waals surface area contributed by atoms with Crippen LogP contribution in [0.25, 0.3) is 0 Å². The molecule has 1 aliphatic rings. The summed E-state index contributed by atoms with van der Waals surface area (Å²) in [6, 6.07) is -1.33. The number of pyridine rings is 1. The molecule has 1 aliphatic heterocycles. The van der Waals surface area contributed by atoms with Gasteiger partial charge in [0.25, 0.3) is 0 Å². The van der Waals surface area contributed by atoms with Crippen LogP contribution in [0, 0.1) is 12.8 Å². The second kappa shape index (κ2) is 7.41. The minimum Gasteiger partial charge on any atom is -0.352 e. The quantitative estimate of drug-likeness (QED) is 0.627. The third-order valence-electron chi connectivity index (χ3n) is 4.16. The number of nitrogens with one attached hydrogen (secondary N) is 3. The zero-order valence-electron chi connectivity index (χ0n) is 13.9. The van der Waals surface area contributed by atoms with Gasteiger partial charge < -0.3 is 21.7 Å². The number of aryl methyl sites for hydroxylation is 1. The number of aromatic nitrogens is 1. The van der Waals surface area contributed by atoms with Crippen molar-refractivity contribution in [3.63, 3.8) is 0 Å². The van der Waals surface area contributed by atoms with Crippen molar-refractivity contribution in [1.82, 2.24) is 20.9 Å². The van der Waals surface area contributed by atoms with Crippen LogP contribution in [0.4, 0.5) is 4.79 Å². The predicted molar refractivity (Wildman–Crippen MR) is 87.6 cm³/mol. The minimum absolute atomic E-state index is 0.0457. The van der Waals surface area contributed by atoms with Crippen LogP contribution >= 0.6 is 0 Å². The van der Waals surface area contributed by atoms with Gasteiger partial charge in [0, 0.05) is 25.0 Å². The lowest BCUT2D eigenvalue weighted by Gasteiger charge is -2.24. The average molecular weight is 319 g/mol. The van der Waals surface area contributed by atoms with Gasteiger partial charge in [-0.3, -0.25) is 9.78 Å². The second-order valence-corrected chi connectivity index (χ2v) is 6.20. The Labute approximate surface area is 136 Å². The second-order valence-electron chi connectivity index (χ2n) is 6.20. The van der Waals surface area contributed by atoms with E-state index in [1.165, 1.54) is 11.1 Å². The first-order chi connectivity index (χ1) is 10.9. The van der Waals surface area contributed by atoms with E-state index >= 15 is 0 Å². The summed E-state index contributed by atoms with van der Waals surface area (Å²) in [5.41, 5.74) is 9.59. The molecule has 1 atom stereocenters. The third kappa shape index (κ3) is 4.19. The molecule has 0 aliphatic carbocycles.